The summed E-state index contributed by atoms with van der Waals surface area (Å²) in [6, 6.07) is 11.2. The van der Waals surface area contributed by atoms with Crippen molar-refractivity contribution in [3.05, 3.63) is 65.0 Å². The lowest BCUT2D eigenvalue weighted by Crippen LogP contribution is -2.04. The summed E-state index contributed by atoms with van der Waals surface area (Å²) in [7, 11) is 0. The predicted molar refractivity (Wildman–Crippen MR) is 95.4 cm³/mol. The molecule has 0 aliphatic rings. The normalized spacial score (nSPS) is 12.3. The lowest BCUT2D eigenvalue weighted by molar-refractivity contribution is 0.579. The van der Waals surface area contributed by atoms with Crippen molar-refractivity contribution in [2.24, 2.45) is 0 Å². The molecule has 0 N–H and O–H groups in total. The molecule has 0 radical (unpaired) electrons. The molecule has 2 aromatic rings. The van der Waals surface area contributed by atoms with Crippen molar-refractivity contribution >= 4 is 0 Å². The molecule has 0 fully saturated rings. The summed E-state index contributed by atoms with van der Waals surface area (Å²) in [5.74, 6) is 0.504. The van der Waals surface area contributed by atoms with Crippen molar-refractivity contribution in [3.8, 4) is 0 Å². The SMILES string of the molecule is CCCCCCC[C@H](c1ccncc1)c1cc(C)ccc1C. The molecule has 0 aliphatic heterocycles. The maximum Gasteiger partial charge on any atom is 0.0270 e. The van der Waals surface area contributed by atoms with Gasteiger partial charge in [0.05, 0.1) is 0 Å². The Morgan fingerprint density at radius 2 is 1.64 bits per heavy atom. The number of unbranched alkanes of at least 4 members (excludes halogenated alkanes) is 4. The first-order chi connectivity index (χ1) is 10.7. The highest BCUT2D eigenvalue weighted by molar-refractivity contribution is 5.39. The fraction of sp³-hybridized carbons (Fsp3) is 0.476. The maximum absolute atomic E-state index is 4.18. The summed E-state index contributed by atoms with van der Waals surface area (Å²) in [4.78, 5) is 4.18. The first-order valence-electron chi connectivity index (χ1n) is 8.69. The van der Waals surface area contributed by atoms with Crippen LogP contribution in [0.2, 0.25) is 0 Å². The van der Waals surface area contributed by atoms with Gasteiger partial charge in [0.15, 0.2) is 0 Å². The smallest absolute Gasteiger partial charge is 0.0270 e. The Balaban J connectivity index is 2.17. The molecule has 0 unspecified atom stereocenters. The topological polar surface area (TPSA) is 12.9 Å². The second kappa shape index (κ2) is 8.73. The van der Waals surface area contributed by atoms with Gasteiger partial charge in [0.25, 0.3) is 0 Å². The molecule has 0 spiro atoms. The van der Waals surface area contributed by atoms with E-state index in [-0.39, 0.29) is 0 Å². The molecule has 1 aromatic heterocycles. The standard InChI is InChI=1S/C21H29N/c1-4-5-6-7-8-9-20(19-12-14-22-15-13-19)21-16-17(2)10-11-18(21)3/h10-16,20H,4-9H2,1-3H3/t20-/m1/s1. The van der Waals surface area contributed by atoms with Gasteiger partial charge in [0.1, 0.15) is 0 Å². The molecule has 22 heavy (non-hydrogen) atoms. The van der Waals surface area contributed by atoms with Crippen LogP contribution in [0.25, 0.3) is 0 Å². The van der Waals surface area contributed by atoms with Crippen molar-refractivity contribution in [2.75, 3.05) is 0 Å². The highest BCUT2D eigenvalue weighted by atomic mass is 14.6. The van der Waals surface area contributed by atoms with Crippen molar-refractivity contribution in [2.45, 2.75) is 65.2 Å². The fourth-order valence-corrected chi connectivity index (χ4v) is 3.18. The molecule has 0 saturated heterocycles. The van der Waals surface area contributed by atoms with E-state index >= 15 is 0 Å². The van der Waals surface area contributed by atoms with Crippen LogP contribution in [0.15, 0.2) is 42.7 Å². The van der Waals surface area contributed by atoms with Crippen LogP contribution in [-0.2, 0) is 0 Å². The van der Waals surface area contributed by atoms with Gasteiger partial charge in [-0.3, -0.25) is 4.98 Å². The lowest BCUT2D eigenvalue weighted by atomic mass is 9.84. The van der Waals surface area contributed by atoms with Gasteiger partial charge in [-0.05, 0) is 49.1 Å². The summed E-state index contributed by atoms with van der Waals surface area (Å²) >= 11 is 0. The summed E-state index contributed by atoms with van der Waals surface area (Å²) in [6.45, 7) is 6.70. The molecular formula is C21H29N. The molecule has 1 heterocycles. The number of nitrogens with zero attached hydrogens (tertiary/aromatic N) is 1. The van der Waals surface area contributed by atoms with Crippen LogP contribution in [0.4, 0.5) is 0 Å². The Kier molecular flexibility index (Phi) is 6.64. The summed E-state index contributed by atoms with van der Waals surface area (Å²) in [5, 5.41) is 0. The highest BCUT2D eigenvalue weighted by Crippen LogP contribution is 2.32. The van der Waals surface area contributed by atoms with Gasteiger partial charge in [-0.25, -0.2) is 0 Å². The molecule has 0 bridgehead atoms. The third-order valence-electron chi connectivity index (χ3n) is 4.51. The van der Waals surface area contributed by atoms with E-state index in [1.165, 1.54) is 60.8 Å². The lowest BCUT2D eigenvalue weighted by Gasteiger charge is -2.20. The minimum atomic E-state index is 0.504. The van der Waals surface area contributed by atoms with Gasteiger partial charge >= 0.3 is 0 Å². The molecular weight excluding hydrogens is 266 g/mol. The number of aromatic nitrogens is 1. The average molecular weight is 295 g/mol. The molecule has 0 saturated carbocycles. The Labute approximate surface area is 135 Å². The van der Waals surface area contributed by atoms with Gasteiger partial charge in [-0.15, -0.1) is 0 Å². The first kappa shape index (κ1) is 16.7. The molecule has 1 atom stereocenters. The van der Waals surface area contributed by atoms with Gasteiger partial charge in [0, 0.05) is 18.3 Å². The van der Waals surface area contributed by atoms with Crippen LogP contribution >= 0.6 is 0 Å². The second-order valence-electron chi connectivity index (χ2n) is 6.40. The summed E-state index contributed by atoms with van der Waals surface area (Å²) in [6.07, 6.45) is 11.8. The van der Waals surface area contributed by atoms with E-state index in [1.807, 2.05) is 12.4 Å². The van der Waals surface area contributed by atoms with E-state index in [4.69, 9.17) is 0 Å². The van der Waals surface area contributed by atoms with Crippen LogP contribution in [0.3, 0.4) is 0 Å². The Morgan fingerprint density at radius 1 is 0.909 bits per heavy atom. The number of aryl methyl sites for hydroxylation is 2. The van der Waals surface area contributed by atoms with Crippen LogP contribution in [0.5, 0.6) is 0 Å². The number of pyridine rings is 1. The summed E-state index contributed by atoms with van der Waals surface area (Å²) in [5.41, 5.74) is 5.65. The van der Waals surface area contributed by atoms with Crippen LogP contribution in [-0.4, -0.2) is 4.98 Å². The van der Waals surface area contributed by atoms with Gasteiger partial charge < -0.3 is 0 Å². The largest absolute Gasteiger partial charge is 0.265 e. The molecule has 1 heteroatoms. The van der Waals surface area contributed by atoms with Gasteiger partial charge in [-0.1, -0.05) is 62.8 Å². The zero-order chi connectivity index (χ0) is 15.8. The van der Waals surface area contributed by atoms with Crippen LogP contribution in [0.1, 0.15) is 73.6 Å². The minimum absolute atomic E-state index is 0.504. The predicted octanol–water partition coefficient (Wildman–Crippen LogP) is 6.19. The number of hydrogen-bond donors (Lipinski definition) is 0. The van der Waals surface area contributed by atoms with Crippen molar-refractivity contribution in [1.82, 2.24) is 4.98 Å². The van der Waals surface area contributed by atoms with Crippen LogP contribution in [0, 0.1) is 13.8 Å². The van der Waals surface area contributed by atoms with Crippen molar-refractivity contribution in [3.63, 3.8) is 0 Å². The molecule has 2 rings (SSSR count). The number of rotatable bonds is 8. The number of hydrogen-bond acceptors (Lipinski definition) is 1. The quantitative estimate of drug-likeness (QED) is 0.529. The van der Waals surface area contributed by atoms with Crippen LogP contribution < -0.4 is 0 Å². The molecule has 1 aromatic carbocycles. The molecule has 0 amide bonds. The van der Waals surface area contributed by atoms with E-state index in [0.717, 1.165) is 0 Å². The average Bonchev–Trinajstić information content (AvgIpc) is 2.54. The van der Waals surface area contributed by atoms with E-state index in [1.54, 1.807) is 0 Å². The Morgan fingerprint density at radius 3 is 2.36 bits per heavy atom. The van der Waals surface area contributed by atoms with Crippen molar-refractivity contribution in [1.29, 1.82) is 0 Å². The highest BCUT2D eigenvalue weighted by Gasteiger charge is 2.16. The minimum Gasteiger partial charge on any atom is -0.265 e. The third kappa shape index (κ3) is 4.69. The summed E-state index contributed by atoms with van der Waals surface area (Å²) < 4.78 is 0. The van der Waals surface area contributed by atoms with Gasteiger partial charge in [-0.2, -0.15) is 0 Å². The first-order valence-corrected chi connectivity index (χ1v) is 8.69. The van der Waals surface area contributed by atoms with E-state index in [9.17, 15) is 0 Å². The molecule has 118 valence electrons. The second-order valence-corrected chi connectivity index (χ2v) is 6.40. The number of benzene rings is 1. The molecule has 1 nitrogen and oxygen atoms in total. The Bertz CT molecular complexity index is 559. The zero-order valence-electron chi connectivity index (χ0n) is 14.3. The maximum atomic E-state index is 4.18. The zero-order valence-corrected chi connectivity index (χ0v) is 14.3. The Hall–Kier alpha value is -1.63. The van der Waals surface area contributed by atoms with E-state index in [2.05, 4.69) is 56.1 Å². The van der Waals surface area contributed by atoms with E-state index in [0.29, 0.717) is 5.92 Å². The van der Waals surface area contributed by atoms with E-state index < -0.39 is 0 Å². The van der Waals surface area contributed by atoms with Crippen molar-refractivity contribution < 1.29 is 0 Å². The molecule has 0 aliphatic carbocycles. The fourth-order valence-electron chi connectivity index (χ4n) is 3.18. The monoisotopic (exact) mass is 295 g/mol. The van der Waals surface area contributed by atoms with Gasteiger partial charge in [0.2, 0.25) is 0 Å². The third-order valence-corrected chi connectivity index (χ3v) is 4.51.